The fourth-order valence-electron chi connectivity index (χ4n) is 2.14. The molecular weight excluding hydrogens is 348 g/mol. The highest BCUT2D eigenvalue weighted by molar-refractivity contribution is 6.31. The summed E-state index contributed by atoms with van der Waals surface area (Å²) in [5, 5.41) is 13.8. The Morgan fingerprint density at radius 2 is 1.92 bits per heavy atom. The lowest BCUT2D eigenvalue weighted by molar-refractivity contribution is -0.384. The summed E-state index contributed by atoms with van der Waals surface area (Å²) in [7, 11) is 0. The van der Waals surface area contributed by atoms with Crippen molar-refractivity contribution in [2.75, 3.05) is 11.9 Å². The lowest BCUT2D eigenvalue weighted by atomic mass is 10.1. The zero-order valence-corrected chi connectivity index (χ0v) is 14.1. The van der Waals surface area contributed by atoms with Crippen molar-refractivity contribution in [2.24, 2.45) is 0 Å². The Balaban J connectivity index is 1.94. The number of hydrogen-bond donors (Lipinski definition) is 1. The molecule has 0 atom stereocenters. The van der Waals surface area contributed by atoms with Crippen LogP contribution in [-0.2, 0) is 20.7 Å². The van der Waals surface area contributed by atoms with Crippen molar-refractivity contribution in [1.29, 1.82) is 0 Å². The highest BCUT2D eigenvalue weighted by Gasteiger charge is 2.18. The van der Waals surface area contributed by atoms with Crippen LogP contribution >= 0.6 is 11.6 Å². The summed E-state index contributed by atoms with van der Waals surface area (Å²) in [5.74, 6) is -1.28. The van der Waals surface area contributed by atoms with Crippen molar-refractivity contribution < 1.29 is 19.2 Å². The Morgan fingerprint density at radius 1 is 1.20 bits per heavy atom. The van der Waals surface area contributed by atoms with Gasteiger partial charge in [-0.15, -0.1) is 0 Å². The Labute approximate surface area is 148 Å². The Kier molecular flexibility index (Phi) is 6.08. The van der Waals surface area contributed by atoms with Gasteiger partial charge in [-0.25, -0.2) is 0 Å². The van der Waals surface area contributed by atoms with Gasteiger partial charge < -0.3 is 10.1 Å². The van der Waals surface area contributed by atoms with Crippen molar-refractivity contribution in [3.05, 3.63) is 68.7 Å². The monoisotopic (exact) mass is 362 g/mol. The van der Waals surface area contributed by atoms with E-state index in [2.05, 4.69) is 5.32 Å². The van der Waals surface area contributed by atoms with Gasteiger partial charge in [0.05, 0.1) is 11.3 Å². The quantitative estimate of drug-likeness (QED) is 0.483. The molecular formula is C17H15ClN2O5. The zero-order chi connectivity index (χ0) is 18.4. The van der Waals surface area contributed by atoms with E-state index in [1.807, 2.05) is 0 Å². The number of esters is 1. The first-order valence-corrected chi connectivity index (χ1v) is 7.69. The summed E-state index contributed by atoms with van der Waals surface area (Å²) in [6.45, 7) is 1.08. The third-order valence-electron chi connectivity index (χ3n) is 3.37. The Bertz CT molecular complexity index is 822. The number of halogens is 1. The van der Waals surface area contributed by atoms with E-state index < -0.39 is 23.4 Å². The molecule has 2 aromatic carbocycles. The molecule has 0 aliphatic heterocycles. The van der Waals surface area contributed by atoms with Crippen LogP contribution in [0.4, 0.5) is 11.4 Å². The van der Waals surface area contributed by atoms with Gasteiger partial charge >= 0.3 is 5.97 Å². The highest BCUT2D eigenvalue weighted by atomic mass is 35.5. The minimum atomic E-state index is -0.662. The molecule has 0 aliphatic carbocycles. The van der Waals surface area contributed by atoms with Gasteiger partial charge in [-0.3, -0.25) is 19.7 Å². The van der Waals surface area contributed by atoms with Gasteiger partial charge in [0.25, 0.3) is 11.6 Å². The molecule has 1 amide bonds. The minimum Gasteiger partial charge on any atom is -0.455 e. The van der Waals surface area contributed by atoms with Crippen LogP contribution in [-0.4, -0.2) is 23.4 Å². The average Bonchev–Trinajstić information content (AvgIpc) is 2.56. The van der Waals surface area contributed by atoms with Crippen LogP contribution in [0.3, 0.4) is 0 Å². The third-order valence-corrected chi connectivity index (χ3v) is 3.74. The predicted octanol–water partition coefficient (Wildman–Crippen LogP) is 3.28. The number of nitrogens with zero attached hydrogens (tertiary/aromatic N) is 1. The average molecular weight is 363 g/mol. The first-order valence-electron chi connectivity index (χ1n) is 7.31. The van der Waals surface area contributed by atoms with E-state index in [-0.39, 0.29) is 17.8 Å². The molecule has 0 unspecified atom stereocenters. The molecule has 7 nitrogen and oxygen atoms in total. The first kappa shape index (κ1) is 18.4. The fourth-order valence-corrected chi connectivity index (χ4v) is 2.34. The normalized spacial score (nSPS) is 10.2. The molecule has 1 N–H and O–H groups in total. The van der Waals surface area contributed by atoms with Crippen LogP contribution in [0.5, 0.6) is 0 Å². The van der Waals surface area contributed by atoms with Gasteiger partial charge in [-0.1, -0.05) is 41.9 Å². The number of aryl methyl sites for hydroxylation is 1. The Morgan fingerprint density at radius 3 is 2.60 bits per heavy atom. The van der Waals surface area contributed by atoms with Crippen LogP contribution in [0, 0.1) is 17.0 Å². The topological polar surface area (TPSA) is 98.5 Å². The highest BCUT2D eigenvalue weighted by Crippen LogP contribution is 2.27. The van der Waals surface area contributed by atoms with Crippen LogP contribution in [0.15, 0.2) is 42.5 Å². The van der Waals surface area contributed by atoms with Gasteiger partial charge in [0.2, 0.25) is 0 Å². The number of nitro groups is 1. The van der Waals surface area contributed by atoms with E-state index in [4.69, 9.17) is 16.3 Å². The summed E-state index contributed by atoms with van der Waals surface area (Å²) in [6, 6.07) is 11.2. The molecule has 0 heterocycles. The number of rotatable bonds is 6. The van der Waals surface area contributed by atoms with E-state index in [0.717, 1.165) is 0 Å². The second kappa shape index (κ2) is 8.25. The molecule has 8 heteroatoms. The molecule has 0 saturated heterocycles. The van der Waals surface area contributed by atoms with E-state index in [1.54, 1.807) is 37.3 Å². The fraction of sp³-hybridized carbons (Fsp3) is 0.176. The summed E-state index contributed by atoms with van der Waals surface area (Å²) in [6.07, 6.45) is -0.0720. The number of nitro benzene ring substituents is 1. The van der Waals surface area contributed by atoms with Crippen molar-refractivity contribution in [3.8, 4) is 0 Å². The molecule has 0 radical (unpaired) electrons. The lowest BCUT2D eigenvalue weighted by Crippen LogP contribution is -2.22. The molecule has 0 aromatic heterocycles. The van der Waals surface area contributed by atoms with Gasteiger partial charge in [0, 0.05) is 11.1 Å². The smallest absolute Gasteiger partial charge is 0.310 e. The van der Waals surface area contributed by atoms with Crippen molar-refractivity contribution >= 4 is 34.9 Å². The largest absolute Gasteiger partial charge is 0.455 e. The number of carbonyl (C=O) groups excluding carboxylic acids is 2. The van der Waals surface area contributed by atoms with Gasteiger partial charge in [0.1, 0.15) is 5.69 Å². The molecule has 130 valence electrons. The van der Waals surface area contributed by atoms with E-state index in [1.165, 1.54) is 12.1 Å². The van der Waals surface area contributed by atoms with E-state index >= 15 is 0 Å². The number of hydrogen-bond acceptors (Lipinski definition) is 5. The van der Waals surface area contributed by atoms with Gasteiger partial charge in [-0.2, -0.15) is 0 Å². The summed E-state index contributed by atoms with van der Waals surface area (Å²) in [5.41, 5.74) is 0.976. The predicted molar refractivity (Wildman–Crippen MR) is 92.6 cm³/mol. The maximum absolute atomic E-state index is 11.9. The standard InChI is InChI=1S/C17H15ClN2O5/c1-11-5-4-8-14(20(23)24)17(11)19-15(21)10-25-16(22)9-12-6-2-3-7-13(12)18/h2-8H,9-10H2,1H3,(H,19,21). The second-order valence-corrected chi connectivity index (χ2v) is 5.61. The van der Waals surface area contributed by atoms with Crippen LogP contribution in [0.1, 0.15) is 11.1 Å². The first-order chi connectivity index (χ1) is 11.9. The van der Waals surface area contributed by atoms with Gasteiger partial charge in [-0.05, 0) is 24.1 Å². The van der Waals surface area contributed by atoms with Crippen LogP contribution in [0.2, 0.25) is 5.02 Å². The number of ether oxygens (including phenoxy) is 1. The van der Waals surface area contributed by atoms with E-state index in [9.17, 15) is 19.7 Å². The molecule has 0 spiro atoms. The number of anilines is 1. The summed E-state index contributed by atoms with van der Waals surface area (Å²) < 4.78 is 4.90. The number of nitrogens with one attached hydrogen (secondary N) is 1. The van der Waals surface area contributed by atoms with Crippen molar-refractivity contribution in [3.63, 3.8) is 0 Å². The molecule has 0 aliphatic rings. The number of benzene rings is 2. The molecule has 0 bridgehead atoms. The molecule has 25 heavy (non-hydrogen) atoms. The number of para-hydroxylation sites is 1. The maximum Gasteiger partial charge on any atom is 0.310 e. The minimum absolute atomic E-state index is 0.0720. The van der Waals surface area contributed by atoms with Gasteiger partial charge in [0.15, 0.2) is 6.61 Å². The molecule has 2 aromatic rings. The third kappa shape index (κ3) is 5.02. The zero-order valence-electron chi connectivity index (χ0n) is 13.3. The van der Waals surface area contributed by atoms with Crippen LogP contribution in [0.25, 0.3) is 0 Å². The molecule has 0 saturated carbocycles. The lowest BCUT2D eigenvalue weighted by Gasteiger charge is -2.09. The molecule has 2 rings (SSSR count). The summed E-state index contributed by atoms with van der Waals surface area (Å²) in [4.78, 5) is 34.1. The molecule has 0 fully saturated rings. The SMILES string of the molecule is Cc1cccc([N+](=O)[O-])c1NC(=O)COC(=O)Cc1ccccc1Cl. The van der Waals surface area contributed by atoms with Crippen LogP contribution < -0.4 is 5.32 Å². The number of amides is 1. The van der Waals surface area contributed by atoms with Crippen molar-refractivity contribution in [1.82, 2.24) is 0 Å². The number of carbonyl (C=O) groups is 2. The van der Waals surface area contributed by atoms with Crippen molar-refractivity contribution in [2.45, 2.75) is 13.3 Å². The maximum atomic E-state index is 11.9. The second-order valence-electron chi connectivity index (χ2n) is 5.20. The Hall–Kier alpha value is -2.93. The summed E-state index contributed by atoms with van der Waals surface area (Å²) >= 11 is 5.95. The van der Waals surface area contributed by atoms with E-state index in [0.29, 0.717) is 16.1 Å².